The maximum absolute atomic E-state index is 13.0. The van der Waals surface area contributed by atoms with E-state index in [1.165, 1.54) is 12.1 Å². The molecule has 3 atom stereocenters. The zero-order valence-corrected chi connectivity index (χ0v) is 15.0. The van der Waals surface area contributed by atoms with Crippen LogP contribution >= 0.6 is 0 Å². The van der Waals surface area contributed by atoms with E-state index in [4.69, 9.17) is 9.47 Å². The summed E-state index contributed by atoms with van der Waals surface area (Å²) in [5.74, 6) is -0.260. The van der Waals surface area contributed by atoms with E-state index in [1.807, 2.05) is 30.3 Å². The molecule has 0 unspecified atom stereocenters. The molecule has 0 saturated carbocycles. The van der Waals surface area contributed by atoms with Crippen LogP contribution in [0.1, 0.15) is 17.5 Å². The number of rotatable bonds is 5. The molecule has 4 rings (SSSR count). The quantitative estimate of drug-likeness (QED) is 0.879. The van der Waals surface area contributed by atoms with Crippen molar-refractivity contribution in [3.63, 3.8) is 0 Å². The molecule has 0 bridgehead atoms. The van der Waals surface area contributed by atoms with Gasteiger partial charge in [0, 0.05) is 19.1 Å². The molecule has 0 radical (unpaired) electrons. The number of carbonyl (C=O) groups is 1. The van der Waals surface area contributed by atoms with E-state index in [-0.39, 0.29) is 36.7 Å². The molecule has 1 amide bonds. The summed E-state index contributed by atoms with van der Waals surface area (Å²) in [5.41, 5.74) is 1.88. The maximum atomic E-state index is 13.0. The molecule has 2 aromatic rings. The summed E-state index contributed by atoms with van der Waals surface area (Å²) in [6.45, 7) is 2.01. The Hall–Kier alpha value is -2.44. The molecule has 1 N–H and O–H groups in total. The predicted octanol–water partition coefficient (Wildman–Crippen LogP) is 3.09. The number of halogens is 1. The van der Waals surface area contributed by atoms with Crippen LogP contribution in [-0.4, -0.2) is 42.3 Å². The van der Waals surface area contributed by atoms with Crippen molar-refractivity contribution >= 4 is 6.09 Å². The van der Waals surface area contributed by atoms with Crippen LogP contribution in [-0.2, 0) is 22.7 Å². The Morgan fingerprint density at radius 2 is 1.81 bits per heavy atom. The molecular weight excluding hydrogens is 347 g/mol. The fraction of sp³-hybridized carbons (Fsp3) is 0.381. The lowest BCUT2D eigenvalue weighted by atomic mass is 10.1. The summed E-state index contributed by atoms with van der Waals surface area (Å²) in [6, 6.07) is 16.1. The first-order valence-corrected chi connectivity index (χ1v) is 9.27. The zero-order chi connectivity index (χ0) is 18.6. The number of carbonyl (C=O) groups excluding carboxylic acids is 1. The minimum absolute atomic E-state index is 0.0336. The van der Waals surface area contributed by atoms with Crippen LogP contribution in [0, 0.1) is 5.82 Å². The Labute approximate surface area is 158 Å². The molecule has 0 aromatic heterocycles. The zero-order valence-electron chi connectivity index (χ0n) is 15.0. The van der Waals surface area contributed by atoms with Crippen LogP contribution in [0.5, 0.6) is 0 Å². The molecule has 5 nitrogen and oxygen atoms in total. The fourth-order valence-electron chi connectivity index (χ4n) is 3.84. The van der Waals surface area contributed by atoms with Gasteiger partial charge in [0.2, 0.25) is 0 Å². The Bertz CT molecular complexity index is 769. The van der Waals surface area contributed by atoms with Crippen LogP contribution in [0.3, 0.4) is 0 Å². The Morgan fingerprint density at radius 3 is 2.59 bits per heavy atom. The molecule has 142 valence electrons. The van der Waals surface area contributed by atoms with Crippen molar-refractivity contribution in [2.45, 2.75) is 37.8 Å². The van der Waals surface area contributed by atoms with Gasteiger partial charge in [-0.2, -0.15) is 0 Å². The molecule has 2 heterocycles. The van der Waals surface area contributed by atoms with Crippen molar-refractivity contribution in [2.75, 3.05) is 13.1 Å². The molecule has 2 aromatic carbocycles. The van der Waals surface area contributed by atoms with Gasteiger partial charge in [0.05, 0.1) is 18.8 Å². The summed E-state index contributed by atoms with van der Waals surface area (Å²) >= 11 is 0. The minimum atomic E-state index is -0.301. The average molecular weight is 370 g/mol. The highest BCUT2D eigenvalue weighted by molar-refractivity contribution is 5.69. The summed E-state index contributed by atoms with van der Waals surface area (Å²) in [5, 5.41) is 3.44. The Kier molecular flexibility index (Phi) is 5.36. The predicted molar refractivity (Wildman–Crippen MR) is 98.5 cm³/mol. The number of nitrogens with zero attached hydrogens (tertiary/aromatic N) is 1. The Morgan fingerprint density at radius 1 is 1.07 bits per heavy atom. The third kappa shape index (κ3) is 4.12. The molecule has 2 aliphatic rings. The van der Waals surface area contributed by atoms with E-state index < -0.39 is 0 Å². The molecule has 0 aliphatic carbocycles. The third-order valence-corrected chi connectivity index (χ3v) is 5.23. The van der Waals surface area contributed by atoms with Gasteiger partial charge in [-0.15, -0.1) is 0 Å². The first-order chi connectivity index (χ1) is 13.2. The van der Waals surface area contributed by atoms with E-state index in [2.05, 4.69) is 5.32 Å². The van der Waals surface area contributed by atoms with Gasteiger partial charge in [0.25, 0.3) is 0 Å². The van der Waals surface area contributed by atoms with Gasteiger partial charge in [-0.05, 0) is 29.7 Å². The van der Waals surface area contributed by atoms with Crippen LogP contribution in [0.15, 0.2) is 54.6 Å². The highest BCUT2D eigenvalue weighted by atomic mass is 19.1. The van der Waals surface area contributed by atoms with Gasteiger partial charge in [-0.25, -0.2) is 9.18 Å². The molecule has 2 aliphatic heterocycles. The van der Waals surface area contributed by atoms with Crippen molar-refractivity contribution < 1.29 is 18.7 Å². The van der Waals surface area contributed by atoms with Gasteiger partial charge < -0.3 is 19.7 Å². The largest absolute Gasteiger partial charge is 0.445 e. The summed E-state index contributed by atoms with van der Waals surface area (Å²) in [7, 11) is 0. The SMILES string of the molecule is O=C(OCc1ccccc1)N1CC[C@H]2NC[C@H](OCc3ccc(F)cc3)[C@H]21. The van der Waals surface area contributed by atoms with Crippen molar-refractivity contribution in [3.05, 3.63) is 71.5 Å². The van der Waals surface area contributed by atoms with Crippen LogP contribution in [0.25, 0.3) is 0 Å². The molecule has 6 heteroatoms. The lowest BCUT2D eigenvalue weighted by Gasteiger charge is -2.28. The standard InChI is InChI=1S/C21H23FN2O3/c22-17-8-6-16(7-9-17)13-26-19-12-23-18-10-11-24(20(18)19)21(25)27-14-15-4-2-1-3-5-15/h1-9,18-20,23H,10-14H2/t18-,19+,20+/m1/s1. The third-order valence-electron chi connectivity index (χ3n) is 5.23. The number of hydrogen-bond acceptors (Lipinski definition) is 4. The minimum Gasteiger partial charge on any atom is -0.445 e. The van der Waals surface area contributed by atoms with Crippen LogP contribution < -0.4 is 5.32 Å². The normalized spacial score (nSPS) is 24.0. The molecule has 2 fully saturated rings. The number of hydrogen-bond donors (Lipinski definition) is 1. The average Bonchev–Trinajstić information content (AvgIpc) is 3.29. The number of amides is 1. The van der Waals surface area contributed by atoms with E-state index in [1.54, 1.807) is 17.0 Å². The van der Waals surface area contributed by atoms with E-state index in [0.717, 1.165) is 17.5 Å². The molecular formula is C21H23FN2O3. The number of fused-ring (bicyclic) bond motifs is 1. The summed E-state index contributed by atoms with van der Waals surface area (Å²) in [6.07, 6.45) is 0.485. The second kappa shape index (κ2) is 8.06. The fourth-order valence-corrected chi connectivity index (χ4v) is 3.84. The highest BCUT2D eigenvalue weighted by Gasteiger charge is 2.47. The van der Waals surface area contributed by atoms with Gasteiger partial charge in [0.1, 0.15) is 12.4 Å². The lowest BCUT2D eigenvalue weighted by Crippen LogP contribution is -2.45. The Balaban J connectivity index is 1.35. The second-order valence-electron chi connectivity index (χ2n) is 7.00. The van der Waals surface area contributed by atoms with Gasteiger partial charge >= 0.3 is 6.09 Å². The number of likely N-dealkylation sites (tertiary alicyclic amines) is 1. The second-order valence-corrected chi connectivity index (χ2v) is 7.00. The van der Waals surface area contributed by atoms with Crippen molar-refractivity contribution in [2.24, 2.45) is 0 Å². The molecule has 0 spiro atoms. The topological polar surface area (TPSA) is 50.8 Å². The van der Waals surface area contributed by atoms with E-state index >= 15 is 0 Å². The molecule has 2 saturated heterocycles. The van der Waals surface area contributed by atoms with Gasteiger partial charge in [0.15, 0.2) is 0 Å². The smallest absolute Gasteiger partial charge is 0.410 e. The monoisotopic (exact) mass is 370 g/mol. The van der Waals surface area contributed by atoms with Crippen LogP contribution in [0.2, 0.25) is 0 Å². The summed E-state index contributed by atoms with van der Waals surface area (Å²) in [4.78, 5) is 14.4. The van der Waals surface area contributed by atoms with Crippen molar-refractivity contribution in [3.8, 4) is 0 Å². The van der Waals surface area contributed by atoms with E-state index in [0.29, 0.717) is 19.7 Å². The van der Waals surface area contributed by atoms with Gasteiger partial charge in [-0.3, -0.25) is 0 Å². The van der Waals surface area contributed by atoms with E-state index in [9.17, 15) is 9.18 Å². The van der Waals surface area contributed by atoms with Crippen molar-refractivity contribution in [1.29, 1.82) is 0 Å². The lowest BCUT2D eigenvalue weighted by molar-refractivity contribution is 0.00454. The number of ether oxygens (including phenoxy) is 2. The first kappa shape index (κ1) is 17.9. The number of benzene rings is 2. The first-order valence-electron chi connectivity index (χ1n) is 9.27. The number of nitrogens with one attached hydrogen (secondary N) is 1. The maximum Gasteiger partial charge on any atom is 0.410 e. The van der Waals surface area contributed by atoms with Gasteiger partial charge in [-0.1, -0.05) is 42.5 Å². The molecule has 27 heavy (non-hydrogen) atoms. The van der Waals surface area contributed by atoms with Crippen molar-refractivity contribution in [1.82, 2.24) is 10.2 Å². The van der Waals surface area contributed by atoms with Crippen LogP contribution in [0.4, 0.5) is 9.18 Å². The highest BCUT2D eigenvalue weighted by Crippen LogP contribution is 2.28. The summed E-state index contributed by atoms with van der Waals surface area (Å²) < 4.78 is 24.6.